The van der Waals surface area contributed by atoms with E-state index < -0.39 is 6.98 Å². The van der Waals surface area contributed by atoms with Gasteiger partial charge in [0, 0.05) is 27.9 Å². The molecule has 3 aliphatic carbocycles. The number of pyridine rings is 1. The van der Waals surface area contributed by atoms with E-state index in [0.717, 1.165) is 38.5 Å². The predicted molar refractivity (Wildman–Crippen MR) is 133 cm³/mol. The van der Waals surface area contributed by atoms with E-state index in [1.807, 2.05) is 12.4 Å². The van der Waals surface area contributed by atoms with Gasteiger partial charge in [0.05, 0.1) is 11.2 Å². The van der Waals surface area contributed by atoms with Crippen LogP contribution < -0.4 is 0 Å². The van der Waals surface area contributed by atoms with E-state index in [1.165, 1.54) is 40.3 Å². The van der Waals surface area contributed by atoms with Crippen molar-refractivity contribution in [1.82, 2.24) is 9.88 Å². The van der Waals surface area contributed by atoms with Gasteiger partial charge in [0.1, 0.15) is 0 Å². The first kappa shape index (κ1) is 17.5. The molecule has 172 valence electrons. The molecule has 2 aromatic rings. The van der Waals surface area contributed by atoms with Crippen LogP contribution in [0.25, 0.3) is 10.8 Å². The molecule has 2 saturated carbocycles. The highest BCUT2D eigenvalue weighted by molar-refractivity contribution is 5.82. The molecule has 3 fully saturated rings. The lowest BCUT2D eigenvalue weighted by Crippen LogP contribution is -2.55. The molecular weight excluding hydrogens is 404 g/mol. The quantitative estimate of drug-likeness (QED) is 0.536. The number of allylic oxidation sites excluding steroid dienone is 1. The number of rotatable bonds is 2. The lowest BCUT2D eigenvalue weighted by Gasteiger charge is -2.54. The van der Waals surface area contributed by atoms with Crippen LogP contribution in [0.4, 0.5) is 0 Å². The fourth-order valence-corrected chi connectivity index (χ4v) is 8.58. The standard InChI is InChI=1S/C30H36N2O/c1-28-12-10-24-17-23-6-7-25(32(2)3)18-29(23)13-14-30(24,33-29)27(28)9-8-26(28)21-5-4-20-11-15-31-19-22(20)16-21/h4-5,10-11,15-17,19,25-27H,6-9,12-14,18H2,1-3H3/t25-,26?,27+,28+,29+,30+/m0/s1/i2D3. The fraction of sp³-hybridized carbons (Fsp3) is 0.567. The van der Waals surface area contributed by atoms with E-state index in [4.69, 9.17) is 8.85 Å². The average Bonchev–Trinajstić information content (AvgIpc) is 3.37. The molecule has 1 aromatic heterocycles. The van der Waals surface area contributed by atoms with Crippen molar-refractivity contribution in [3.63, 3.8) is 0 Å². The Hall–Kier alpha value is -1.97. The largest absolute Gasteiger partial charge is 0.359 e. The minimum atomic E-state index is -2.06. The van der Waals surface area contributed by atoms with Crippen LogP contribution in [0.2, 0.25) is 0 Å². The van der Waals surface area contributed by atoms with Crippen molar-refractivity contribution in [3.05, 3.63) is 65.5 Å². The molecule has 3 heterocycles. The van der Waals surface area contributed by atoms with Gasteiger partial charge in [-0.1, -0.05) is 31.2 Å². The van der Waals surface area contributed by atoms with E-state index in [0.29, 0.717) is 11.8 Å². The van der Waals surface area contributed by atoms with Gasteiger partial charge in [-0.25, -0.2) is 0 Å². The molecule has 6 atom stereocenters. The van der Waals surface area contributed by atoms with E-state index in [9.17, 15) is 0 Å². The van der Waals surface area contributed by atoms with Gasteiger partial charge in [-0.2, -0.15) is 0 Å². The Morgan fingerprint density at radius 3 is 3.00 bits per heavy atom. The molecule has 0 amide bonds. The molecule has 1 unspecified atom stereocenters. The highest BCUT2D eigenvalue weighted by atomic mass is 16.5. The van der Waals surface area contributed by atoms with Crippen molar-refractivity contribution in [2.45, 2.75) is 81.5 Å². The Bertz CT molecular complexity index is 1300. The molecule has 3 heteroatoms. The second-order valence-corrected chi connectivity index (χ2v) is 11.7. The second-order valence-electron chi connectivity index (χ2n) is 11.7. The maximum atomic E-state index is 7.95. The van der Waals surface area contributed by atoms with Crippen molar-refractivity contribution in [2.75, 3.05) is 14.0 Å². The first-order valence-electron chi connectivity index (χ1n) is 14.3. The summed E-state index contributed by atoms with van der Waals surface area (Å²) in [5.41, 5.74) is 3.91. The summed E-state index contributed by atoms with van der Waals surface area (Å²) in [5.74, 6) is 0.989. The van der Waals surface area contributed by atoms with Crippen LogP contribution in [-0.2, 0) is 4.74 Å². The minimum Gasteiger partial charge on any atom is -0.359 e. The molecule has 2 spiro atoms. The third-order valence-electron chi connectivity index (χ3n) is 10.3. The molecule has 33 heavy (non-hydrogen) atoms. The number of ether oxygens (including phenoxy) is 1. The molecule has 2 bridgehead atoms. The first-order chi connectivity index (χ1) is 17.1. The van der Waals surface area contributed by atoms with Gasteiger partial charge in [-0.15, -0.1) is 0 Å². The van der Waals surface area contributed by atoms with Crippen molar-refractivity contribution >= 4 is 10.8 Å². The number of benzene rings is 1. The van der Waals surface area contributed by atoms with Crippen LogP contribution in [-0.4, -0.2) is 41.2 Å². The topological polar surface area (TPSA) is 25.4 Å². The highest BCUT2D eigenvalue weighted by Crippen LogP contribution is 2.69. The van der Waals surface area contributed by atoms with E-state index in [-0.39, 0.29) is 22.7 Å². The summed E-state index contributed by atoms with van der Waals surface area (Å²) >= 11 is 0. The Balaban J connectivity index is 1.24. The Morgan fingerprint density at radius 1 is 1.15 bits per heavy atom. The van der Waals surface area contributed by atoms with Gasteiger partial charge in [0.15, 0.2) is 0 Å². The summed E-state index contributed by atoms with van der Waals surface area (Å²) in [6.07, 6.45) is 17.0. The molecule has 1 saturated heterocycles. The van der Waals surface area contributed by atoms with Crippen molar-refractivity contribution in [3.8, 4) is 0 Å². The highest BCUT2D eigenvalue weighted by Gasteiger charge is 2.66. The van der Waals surface area contributed by atoms with Gasteiger partial charge in [-0.05, 0) is 117 Å². The van der Waals surface area contributed by atoms with E-state index in [1.54, 1.807) is 11.9 Å². The lowest BCUT2D eigenvalue weighted by atomic mass is 9.58. The van der Waals surface area contributed by atoms with E-state index in [2.05, 4.69) is 48.3 Å². The van der Waals surface area contributed by atoms with Crippen LogP contribution in [0.1, 0.15) is 73.9 Å². The molecule has 3 nitrogen and oxygen atoms in total. The van der Waals surface area contributed by atoms with Crippen molar-refractivity contribution in [1.29, 1.82) is 0 Å². The zero-order valence-corrected chi connectivity index (χ0v) is 19.8. The summed E-state index contributed by atoms with van der Waals surface area (Å²) in [7, 11) is 1.76. The molecule has 0 N–H and O–H groups in total. The maximum Gasteiger partial charge on any atom is 0.0974 e. The molecule has 2 aliphatic heterocycles. The van der Waals surface area contributed by atoms with Crippen LogP contribution in [0.3, 0.4) is 0 Å². The van der Waals surface area contributed by atoms with Gasteiger partial charge in [-0.3, -0.25) is 4.98 Å². The third-order valence-corrected chi connectivity index (χ3v) is 10.3. The summed E-state index contributed by atoms with van der Waals surface area (Å²) in [6.45, 7) is 0.445. The SMILES string of the molecule is [2H]C([2H])([2H])N(C)[C@H]1CCC2=CC3=CC[C@]4(C)C(c5ccc6ccncc6c5)CC[C@H]4[C@@]34CC[C@]2(C1)O4. The smallest absolute Gasteiger partial charge is 0.0974 e. The Labute approximate surface area is 202 Å². The molecule has 7 rings (SSSR count). The lowest BCUT2D eigenvalue weighted by molar-refractivity contribution is -0.139. The summed E-state index contributed by atoms with van der Waals surface area (Å²) in [6, 6.07) is 9.08. The van der Waals surface area contributed by atoms with Gasteiger partial charge < -0.3 is 9.64 Å². The summed E-state index contributed by atoms with van der Waals surface area (Å²) < 4.78 is 31.2. The molecule has 5 aliphatic rings. The Morgan fingerprint density at radius 2 is 2.09 bits per heavy atom. The number of fused-ring (bicyclic) bond motifs is 2. The Kier molecular flexibility index (Phi) is 3.60. The number of hydrogen-bond acceptors (Lipinski definition) is 3. The van der Waals surface area contributed by atoms with Gasteiger partial charge in [0.2, 0.25) is 0 Å². The zero-order chi connectivity index (χ0) is 24.9. The number of nitrogens with zero attached hydrogens (tertiary/aromatic N) is 2. The predicted octanol–water partition coefficient (Wildman–Crippen LogP) is 6.41. The number of aromatic nitrogens is 1. The van der Waals surface area contributed by atoms with Gasteiger partial charge >= 0.3 is 0 Å². The maximum absolute atomic E-state index is 7.95. The minimum absolute atomic E-state index is 0.0350. The molecule has 1 aromatic carbocycles. The van der Waals surface area contributed by atoms with E-state index >= 15 is 0 Å². The second kappa shape index (κ2) is 6.79. The van der Waals surface area contributed by atoms with Gasteiger partial charge in [0.25, 0.3) is 0 Å². The summed E-state index contributed by atoms with van der Waals surface area (Å²) in [5, 5.41) is 2.47. The summed E-state index contributed by atoms with van der Waals surface area (Å²) in [4.78, 5) is 5.97. The molecular formula is C30H36N2O. The monoisotopic (exact) mass is 443 g/mol. The van der Waals surface area contributed by atoms with Crippen molar-refractivity contribution < 1.29 is 8.85 Å². The zero-order valence-electron chi connectivity index (χ0n) is 22.8. The number of hydrogen-bond donors (Lipinski definition) is 0. The van der Waals surface area contributed by atoms with Crippen LogP contribution in [0, 0.1) is 11.3 Å². The van der Waals surface area contributed by atoms with Crippen LogP contribution in [0.15, 0.2) is 60.0 Å². The van der Waals surface area contributed by atoms with Crippen molar-refractivity contribution in [2.24, 2.45) is 11.3 Å². The van der Waals surface area contributed by atoms with Crippen LogP contribution >= 0.6 is 0 Å². The fourth-order valence-electron chi connectivity index (χ4n) is 8.58. The van der Waals surface area contributed by atoms with Crippen LogP contribution in [0.5, 0.6) is 0 Å². The first-order valence-corrected chi connectivity index (χ1v) is 12.8. The average molecular weight is 444 g/mol. The normalized spacial score (nSPS) is 43.1. The molecule has 0 radical (unpaired) electrons. The third kappa shape index (κ3) is 2.67.